The number of rotatable bonds is 6. The number of nitrogens with one attached hydrogen (secondary N) is 1. The molecule has 4 heteroatoms. The topological polar surface area (TPSA) is 47.6 Å². The highest BCUT2D eigenvalue weighted by Gasteiger charge is 2.21. The summed E-state index contributed by atoms with van der Waals surface area (Å²) in [4.78, 5) is 17.4. The Morgan fingerprint density at radius 1 is 1.32 bits per heavy atom. The number of terminal acetylenes is 1. The Balaban J connectivity index is 1.76. The lowest BCUT2D eigenvalue weighted by molar-refractivity contribution is 0.000683. The molecule has 1 aromatic carbocycles. The van der Waals surface area contributed by atoms with Crippen LogP contribution in [-0.2, 0) is 4.84 Å². The largest absolute Gasteiger partial charge is 0.481 e. The van der Waals surface area contributed by atoms with Crippen molar-refractivity contribution in [2.24, 2.45) is 11.8 Å². The summed E-state index contributed by atoms with van der Waals surface area (Å²) in [6.07, 6.45) is 10.1. The van der Waals surface area contributed by atoms with E-state index in [1.54, 1.807) is 24.3 Å². The van der Waals surface area contributed by atoms with Crippen molar-refractivity contribution in [3.63, 3.8) is 0 Å². The van der Waals surface area contributed by atoms with E-state index < -0.39 is 0 Å². The SMILES string of the molecule is C#CCOc1ccc(C(=O)NOCC2CCCCC2C)cc1. The van der Waals surface area contributed by atoms with Gasteiger partial charge in [-0.05, 0) is 42.5 Å². The number of hydroxylamine groups is 1. The molecule has 2 rings (SSSR count). The predicted octanol–water partition coefficient (Wildman–Crippen LogP) is 3.19. The van der Waals surface area contributed by atoms with Crippen molar-refractivity contribution in [2.45, 2.75) is 32.6 Å². The number of carbonyl (C=O) groups is 1. The second-order valence-electron chi connectivity index (χ2n) is 5.78. The Hall–Kier alpha value is -1.99. The van der Waals surface area contributed by atoms with E-state index in [9.17, 15) is 4.79 Å². The van der Waals surface area contributed by atoms with Crippen LogP contribution in [0, 0.1) is 24.2 Å². The lowest BCUT2D eigenvalue weighted by Crippen LogP contribution is -2.29. The Labute approximate surface area is 132 Å². The first-order valence-corrected chi connectivity index (χ1v) is 7.79. The minimum atomic E-state index is -0.244. The van der Waals surface area contributed by atoms with E-state index in [0.717, 1.165) is 0 Å². The molecule has 1 fully saturated rings. The van der Waals surface area contributed by atoms with E-state index in [1.165, 1.54) is 25.7 Å². The molecule has 118 valence electrons. The van der Waals surface area contributed by atoms with Crippen LogP contribution in [0.4, 0.5) is 0 Å². The maximum absolute atomic E-state index is 12.0. The van der Waals surface area contributed by atoms with Crippen molar-refractivity contribution in [1.82, 2.24) is 5.48 Å². The van der Waals surface area contributed by atoms with Crippen LogP contribution in [0.15, 0.2) is 24.3 Å². The molecule has 0 radical (unpaired) electrons. The highest BCUT2D eigenvalue weighted by atomic mass is 16.7. The predicted molar refractivity (Wildman–Crippen MR) is 85.3 cm³/mol. The van der Waals surface area contributed by atoms with Gasteiger partial charge < -0.3 is 4.74 Å². The summed E-state index contributed by atoms with van der Waals surface area (Å²) < 4.78 is 5.26. The summed E-state index contributed by atoms with van der Waals surface area (Å²) in [5, 5.41) is 0. The van der Waals surface area contributed by atoms with Gasteiger partial charge in [0.15, 0.2) is 0 Å². The van der Waals surface area contributed by atoms with Gasteiger partial charge in [-0.2, -0.15) is 0 Å². The van der Waals surface area contributed by atoms with E-state index in [-0.39, 0.29) is 12.5 Å². The van der Waals surface area contributed by atoms with Gasteiger partial charge in [-0.3, -0.25) is 9.63 Å². The number of carbonyl (C=O) groups excluding carboxylic acids is 1. The molecule has 1 saturated carbocycles. The van der Waals surface area contributed by atoms with Gasteiger partial charge in [-0.25, -0.2) is 5.48 Å². The second-order valence-corrected chi connectivity index (χ2v) is 5.78. The van der Waals surface area contributed by atoms with Crippen molar-refractivity contribution in [2.75, 3.05) is 13.2 Å². The lowest BCUT2D eigenvalue weighted by atomic mass is 9.81. The molecule has 1 aliphatic carbocycles. The third kappa shape index (κ3) is 4.78. The molecule has 1 aromatic rings. The van der Waals surface area contributed by atoms with Gasteiger partial charge in [0.1, 0.15) is 12.4 Å². The summed E-state index contributed by atoms with van der Waals surface area (Å²) in [5.74, 6) is 4.00. The molecular weight excluding hydrogens is 278 g/mol. The minimum Gasteiger partial charge on any atom is -0.481 e. The van der Waals surface area contributed by atoms with Crippen molar-refractivity contribution < 1.29 is 14.4 Å². The van der Waals surface area contributed by atoms with E-state index in [4.69, 9.17) is 16.0 Å². The summed E-state index contributed by atoms with van der Waals surface area (Å²) in [7, 11) is 0. The third-order valence-electron chi connectivity index (χ3n) is 4.19. The third-order valence-corrected chi connectivity index (χ3v) is 4.19. The van der Waals surface area contributed by atoms with E-state index in [0.29, 0.717) is 29.8 Å². The molecule has 0 aromatic heterocycles. The Morgan fingerprint density at radius 3 is 2.73 bits per heavy atom. The summed E-state index contributed by atoms with van der Waals surface area (Å²) in [5.41, 5.74) is 3.05. The highest BCUT2D eigenvalue weighted by Crippen LogP contribution is 2.29. The zero-order valence-electron chi connectivity index (χ0n) is 13.0. The minimum absolute atomic E-state index is 0.216. The normalized spacial score (nSPS) is 20.9. The molecular formula is C18H23NO3. The molecule has 2 unspecified atom stereocenters. The molecule has 0 heterocycles. The number of hydrogen-bond acceptors (Lipinski definition) is 3. The number of benzene rings is 1. The standard InChI is InChI=1S/C18H23NO3/c1-3-12-21-17-10-8-15(9-11-17)18(20)19-22-13-16-7-5-4-6-14(16)2/h1,8-11,14,16H,4-7,12-13H2,2H3,(H,19,20). The fraction of sp³-hybridized carbons (Fsp3) is 0.500. The molecule has 1 amide bonds. The van der Waals surface area contributed by atoms with Crippen LogP contribution in [0.1, 0.15) is 43.0 Å². The monoisotopic (exact) mass is 301 g/mol. The fourth-order valence-corrected chi connectivity index (χ4v) is 2.74. The summed E-state index contributed by atoms with van der Waals surface area (Å²) in [6, 6.07) is 6.81. The van der Waals surface area contributed by atoms with Crippen molar-refractivity contribution in [3.8, 4) is 18.1 Å². The average Bonchev–Trinajstić information content (AvgIpc) is 2.55. The average molecular weight is 301 g/mol. The molecule has 2 atom stereocenters. The second kappa shape index (κ2) is 8.45. The van der Waals surface area contributed by atoms with Crippen LogP contribution < -0.4 is 10.2 Å². The van der Waals surface area contributed by atoms with Gasteiger partial charge in [0, 0.05) is 5.56 Å². The number of hydrogen-bond donors (Lipinski definition) is 1. The Bertz CT molecular complexity index is 518. The van der Waals surface area contributed by atoms with E-state index >= 15 is 0 Å². The van der Waals surface area contributed by atoms with Gasteiger partial charge in [-0.1, -0.05) is 32.1 Å². The van der Waals surface area contributed by atoms with Gasteiger partial charge in [-0.15, -0.1) is 6.42 Å². The van der Waals surface area contributed by atoms with Crippen LogP contribution in [0.25, 0.3) is 0 Å². The first kappa shape index (κ1) is 16.4. The number of ether oxygens (including phenoxy) is 1. The molecule has 1 N–H and O–H groups in total. The maximum Gasteiger partial charge on any atom is 0.274 e. The zero-order valence-corrected chi connectivity index (χ0v) is 13.0. The first-order chi connectivity index (χ1) is 10.7. The van der Waals surface area contributed by atoms with Gasteiger partial charge in [0.05, 0.1) is 6.61 Å². The summed E-state index contributed by atoms with van der Waals surface area (Å²) >= 11 is 0. The molecule has 0 bridgehead atoms. The number of amides is 1. The Morgan fingerprint density at radius 2 is 2.05 bits per heavy atom. The van der Waals surface area contributed by atoms with Crippen LogP contribution in [0.3, 0.4) is 0 Å². The van der Waals surface area contributed by atoms with Crippen LogP contribution in [0.5, 0.6) is 5.75 Å². The van der Waals surface area contributed by atoms with Crippen molar-refractivity contribution >= 4 is 5.91 Å². The quantitative estimate of drug-likeness (QED) is 0.648. The van der Waals surface area contributed by atoms with E-state index in [2.05, 4.69) is 18.3 Å². The zero-order chi connectivity index (χ0) is 15.8. The molecule has 0 aliphatic heterocycles. The molecule has 0 saturated heterocycles. The summed E-state index contributed by atoms with van der Waals surface area (Å²) in [6.45, 7) is 3.05. The maximum atomic E-state index is 12.0. The van der Waals surface area contributed by atoms with E-state index in [1.807, 2.05) is 0 Å². The molecule has 4 nitrogen and oxygen atoms in total. The Kier molecular flexibility index (Phi) is 6.29. The van der Waals surface area contributed by atoms with Gasteiger partial charge >= 0.3 is 0 Å². The molecule has 0 spiro atoms. The highest BCUT2D eigenvalue weighted by molar-refractivity contribution is 5.93. The molecule has 22 heavy (non-hydrogen) atoms. The van der Waals surface area contributed by atoms with Crippen molar-refractivity contribution in [3.05, 3.63) is 29.8 Å². The molecule has 1 aliphatic rings. The van der Waals surface area contributed by atoms with Crippen LogP contribution in [-0.4, -0.2) is 19.1 Å². The lowest BCUT2D eigenvalue weighted by Gasteiger charge is -2.28. The smallest absolute Gasteiger partial charge is 0.274 e. The van der Waals surface area contributed by atoms with Crippen LogP contribution >= 0.6 is 0 Å². The fourth-order valence-electron chi connectivity index (χ4n) is 2.74. The van der Waals surface area contributed by atoms with Gasteiger partial charge in [0.2, 0.25) is 0 Å². The van der Waals surface area contributed by atoms with Gasteiger partial charge in [0.25, 0.3) is 5.91 Å². The van der Waals surface area contributed by atoms with Crippen molar-refractivity contribution in [1.29, 1.82) is 0 Å². The first-order valence-electron chi connectivity index (χ1n) is 7.79. The van der Waals surface area contributed by atoms with Crippen LogP contribution in [0.2, 0.25) is 0 Å².